The van der Waals surface area contributed by atoms with E-state index in [1.165, 1.54) is 0 Å². The summed E-state index contributed by atoms with van der Waals surface area (Å²) in [5, 5.41) is 0.715. The third-order valence-electron chi connectivity index (χ3n) is 5.40. The van der Waals surface area contributed by atoms with Crippen molar-refractivity contribution in [2.24, 2.45) is 0 Å². The average molecular weight is 389 g/mol. The minimum Gasteiger partial charge on any atom is -0.378 e. The van der Waals surface area contributed by atoms with Gasteiger partial charge in [-0.2, -0.15) is 0 Å². The molecule has 2 aliphatic heterocycles. The first kappa shape index (κ1) is 19.6. The molecule has 0 N–H and O–H groups in total. The number of likely N-dealkylation sites (N-methyl/N-ethyl adjacent to an activating group) is 1. The van der Waals surface area contributed by atoms with Crippen LogP contribution in [-0.4, -0.2) is 80.2 Å². The Morgan fingerprint density at radius 1 is 1.15 bits per heavy atom. The third-order valence-corrected chi connectivity index (χ3v) is 5.96. The van der Waals surface area contributed by atoms with Crippen molar-refractivity contribution in [3.8, 4) is 0 Å². The van der Waals surface area contributed by atoms with Gasteiger partial charge in [-0.3, -0.25) is 4.79 Å². The maximum Gasteiger partial charge on any atom is 0.254 e. The monoisotopic (exact) mass is 388 g/mol. The molecule has 1 atom stereocenters. The Hall–Kier alpha value is -2.12. The van der Waals surface area contributed by atoms with Crippen LogP contribution in [0.15, 0.2) is 35.5 Å². The number of ether oxygens (including phenoxy) is 1. The highest BCUT2D eigenvalue weighted by Crippen LogP contribution is 2.37. The molecule has 1 fully saturated rings. The molecule has 3 rings (SSSR count). The maximum absolute atomic E-state index is 13.4. The number of hydrogen-bond acceptors (Lipinski definition) is 4. The van der Waals surface area contributed by atoms with E-state index >= 15 is 0 Å². The first-order valence-electron chi connectivity index (χ1n) is 9.18. The van der Waals surface area contributed by atoms with E-state index < -0.39 is 0 Å². The number of rotatable bonds is 3. The van der Waals surface area contributed by atoms with Gasteiger partial charge in [0, 0.05) is 52.7 Å². The number of carbonyl (C=O) groups is 1. The molecule has 0 bridgehead atoms. The fourth-order valence-electron chi connectivity index (χ4n) is 3.62. The summed E-state index contributed by atoms with van der Waals surface area (Å²) in [6.07, 6.45) is 0. The van der Waals surface area contributed by atoms with Crippen LogP contribution in [0.4, 0.5) is 5.69 Å². The smallest absolute Gasteiger partial charge is 0.254 e. The molecule has 0 aromatic heterocycles. The van der Waals surface area contributed by atoms with Gasteiger partial charge < -0.3 is 24.3 Å². The zero-order valence-corrected chi connectivity index (χ0v) is 17.5. The van der Waals surface area contributed by atoms with Crippen molar-refractivity contribution in [1.29, 1.82) is 0 Å². The molecule has 146 valence electrons. The Bertz CT molecular complexity index is 754. The zero-order valence-electron chi connectivity index (χ0n) is 16.7. The second kappa shape index (κ2) is 7.86. The van der Waals surface area contributed by atoms with Crippen LogP contribution >= 0.6 is 12.2 Å². The summed E-state index contributed by atoms with van der Waals surface area (Å²) in [5.41, 5.74) is 3.89. The Kier molecular flexibility index (Phi) is 5.72. The minimum atomic E-state index is -0.194. The molecule has 1 aromatic carbocycles. The van der Waals surface area contributed by atoms with Crippen LogP contribution in [0, 0.1) is 0 Å². The summed E-state index contributed by atoms with van der Waals surface area (Å²) in [6.45, 7) is 4.41. The van der Waals surface area contributed by atoms with Gasteiger partial charge in [0.1, 0.15) is 0 Å². The molecule has 7 heteroatoms. The number of benzene rings is 1. The number of nitrogens with zero attached hydrogens (tertiary/aromatic N) is 4. The lowest BCUT2D eigenvalue weighted by molar-refractivity contribution is -0.132. The highest BCUT2D eigenvalue weighted by molar-refractivity contribution is 7.80. The fraction of sp³-hybridized carbons (Fsp3) is 0.500. The van der Waals surface area contributed by atoms with Gasteiger partial charge in [-0.25, -0.2) is 0 Å². The van der Waals surface area contributed by atoms with Crippen LogP contribution in [0.2, 0.25) is 0 Å². The van der Waals surface area contributed by atoms with Crippen molar-refractivity contribution in [2.75, 3.05) is 59.4 Å². The molecule has 0 spiro atoms. The van der Waals surface area contributed by atoms with E-state index in [-0.39, 0.29) is 11.9 Å². The Morgan fingerprint density at radius 2 is 1.74 bits per heavy atom. The number of carbonyl (C=O) groups excluding carboxylic acids is 1. The summed E-state index contributed by atoms with van der Waals surface area (Å²) >= 11 is 5.63. The summed E-state index contributed by atoms with van der Waals surface area (Å²) in [7, 11) is 7.92. The lowest BCUT2D eigenvalue weighted by Gasteiger charge is -2.43. The van der Waals surface area contributed by atoms with Crippen molar-refractivity contribution in [1.82, 2.24) is 14.7 Å². The first-order valence-corrected chi connectivity index (χ1v) is 9.59. The minimum absolute atomic E-state index is 0.0682. The van der Waals surface area contributed by atoms with E-state index in [2.05, 4.69) is 29.2 Å². The third kappa shape index (κ3) is 3.66. The number of hydrogen-bond donors (Lipinski definition) is 0. The van der Waals surface area contributed by atoms with Gasteiger partial charge in [-0.05, 0) is 36.8 Å². The molecule has 1 amide bonds. The van der Waals surface area contributed by atoms with Gasteiger partial charge in [-0.15, -0.1) is 0 Å². The van der Waals surface area contributed by atoms with Crippen molar-refractivity contribution in [3.05, 3.63) is 41.1 Å². The molecule has 27 heavy (non-hydrogen) atoms. The summed E-state index contributed by atoms with van der Waals surface area (Å²) in [4.78, 5) is 21.3. The Balaban J connectivity index is 2.04. The molecule has 0 saturated carbocycles. The van der Waals surface area contributed by atoms with Gasteiger partial charge in [0.25, 0.3) is 5.91 Å². The second-order valence-corrected chi connectivity index (χ2v) is 7.61. The lowest BCUT2D eigenvalue weighted by atomic mass is 9.92. The average Bonchev–Trinajstić information content (AvgIpc) is 2.69. The van der Waals surface area contributed by atoms with Crippen LogP contribution in [0.3, 0.4) is 0 Å². The van der Waals surface area contributed by atoms with E-state index in [1.807, 2.05) is 49.8 Å². The topological polar surface area (TPSA) is 39.3 Å². The summed E-state index contributed by atoms with van der Waals surface area (Å²) < 4.78 is 5.41. The number of allylic oxidation sites excluding steroid dienone is 1. The second-order valence-electron chi connectivity index (χ2n) is 7.24. The van der Waals surface area contributed by atoms with Crippen molar-refractivity contribution < 1.29 is 9.53 Å². The first-order chi connectivity index (χ1) is 12.8. The molecule has 0 aliphatic carbocycles. The number of morpholine rings is 1. The van der Waals surface area contributed by atoms with Crippen molar-refractivity contribution in [2.45, 2.75) is 13.0 Å². The number of anilines is 1. The predicted molar refractivity (Wildman–Crippen MR) is 112 cm³/mol. The van der Waals surface area contributed by atoms with E-state index in [1.54, 1.807) is 0 Å². The van der Waals surface area contributed by atoms with Gasteiger partial charge >= 0.3 is 0 Å². The molecule has 1 aromatic rings. The number of thiocarbonyl (C=S) groups is 1. The normalized spacial score (nSPS) is 21.0. The Morgan fingerprint density at radius 3 is 2.30 bits per heavy atom. The van der Waals surface area contributed by atoms with E-state index in [9.17, 15) is 4.79 Å². The zero-order chi connectivity index (χ0) is 19.7. The molecule has 1 saturated heterocycles. The highest BCUT2D eigenvalue weighted by atomic mass is 32.1. The SMILES string of the molecule is CC1=C(C(=O)N2CCOCC2)C(c2ccc(N(C)C)cc2)N(C)C(=S)N1C. The highest BCUT2D eigenvalue weighted by Gasteiger charge is 2.38. The largest absolute Gasteiger partial charge is 0.378 e. The fourth-order valence-corrected chi connectivity index (χ4v) is 3.86. The van der Waals surface area contributed by atoms with Gasteiger partial charge in [0.15, 0.2) is 5.11 Å². The molecular weight excluding hydrogens is 360 g/mol. The standard InChI is InChI=1S/C20H28N4O2S/c1-14-17(19(25)24-10-12-26-13-11-24)18(23(5)20(27)22(14)4)15-6-8-16(9-7-15)21(2)3/h6-9,18H,10-13H2,1-5H3. The quantitative estimate of drug-likeness (QED) is 0.739. The van der Waals surface area contributed by atoms with Crippen molar-refractivity contribution in [3.63, 3.8) is 0 Å². The van der Waals surface area contributed by atoms with Gasteiger partial charge in [0.2, 0.25) is 0 Å². The van der Waals surface area contributed by atoms with Crippen LogP contribution < -0.4 is 4.90 Å². The van der Waals surface area contributed by atoms with Crippen LogP contribution in [0.1, 0.15) is 18.5 Å². The maximum atomic E-state index is 13.4. The molecule has 6 nitrogen and oxygen atoms in total. The van der Waals surface area contributed by atoms with E-state index in [0.717, 1.165) is 22.5 Å². The van der Waals surface area contributed by atoms with E-state index in [4.69, 9.17) is 17.0 Å². The summed E-state index contributed by atoms with van der Waals surface area (Å²) in [6, 6.07) is 8.14. The molecule has 2 heterocycles. The Labute approximate surface area is 167 Å². The lowest BCUT2D eigenvalue weighted by Crippen LogP contribution is -2.50. The number of amides is 1. The van der Waals surface area contributed by atoms with Crippen LogP contribution in [0.25, 0.3) is 0 Å². The van der Waals surface area contributed by atoms with Crippen LogP contribution in [-0.2, 0) is 9.53 Å². The van der Waals surface area contributed by atoms with Gasteiger partial charge in [-0.1, -0.05) is 12.1 Å². The van der Waals surface area contributed by atoms with Crippen LogP contribution in [0.5, 0.6) is 0 Å². The molecule has 2 aliphatic rings. The van der Waals surface area contributed by atoms with Gasteiger partial charge in [0.05, 0.1) is 24.8 Å². The summed E-state index contributed by atoms with van der Waals surface area (Å²) in [5.74, 6) is 0.0682. The predicted octanol–water partition coefficient (Wildman–Crippen LogP) is 2.09. The molecule has 0 radical (unpaired) electrons. The molecular formula is C20H28N4O2S. The molecule has 1 unspecified atom stereocenters. The van der Waals surface area contributed by atoms with E-state index in [0.29, 0.717) is 31.4 Å². The van der Waals surface area contributed by atoms with Crippen molar-refractivity contribution >= 4 is 28.9 Å².